The average molecular weight is 326 g/mol. The minimum atomic E-state index is -0.568. The first-order chi connectivity index (χ1) is 11.6. The molecular weight excluding hydrogens is 308 g/mol. The van der Waals surface area contributed by atoms with Crippen LogP contribution in [0.4, 0.5) is 0 Å². The molecule has 3 rings (SSSR count). The highest BCUT2D eigenvalue weighted by molar-refractivity contribution is 5.89. The van der Waals surface area contributed by atoms with Crippen LogP contribution in [0.15, 0.2) is 53.6 Å². The van der Waals surface area contributed by atoms with Crippen LogP contribution >= 0.6 is 0 Å². The van der Waals surface area contributed by atoms with E-state index in [1.807, 2.05) is 30.3 Å². The minimum absolute atomic E-state index is 0.120. The number of hydrogen-bond donors (Lipinski definition) is 1. The number of amides is 2. The van der Waals surface area contributed by atoms with Crippen molar-refractivity contribution in [3.8, 4) is 0 Å². The Kier molecular flexibility index (Phi) is 4.69. The summed E-state index contributed by atoms with van der Waals surface area (Å²) in [7, 11) is 0. The quantitative estimate of drug-likeness (QED) is 0.844. The molecule has 0 saturated carbocycles. The molecular formula is C17H18N4O3. The predicted octanol–water partition coefficient (Wildman–Crippen LogP) is -0.187. The number of nitrogens with zero attached hydrogens (tertiary/aromatic N) is 3. The van der Waals surface area contributed by atoms with Gasteiger partial charge >= 0.3 is 5.69 Å². The molecule has 1 aliphatic heterocycles. The van der Waals surface area contributed by atoms with Crippen molar-refractivity contribution < 1.29 is 9.59 Å². The lowest BCUT2D eigenvalue weighted by atomic mass is 10.0. The summed E-state index contributed by atoms with van der Waals surface area (Å²) in [6.45, 7) is 0.722. The Morgan fingerprint density at radius 1 is 1.21 bits per heavy atom. The van der Waals surface area contributed by atoms with E-state index in [4.69, 9.17) is 0 Å². The Hall–Kier alpha value is -2.96. The van der Waals surface area contributed by atoms with Gasteiger partial charge in [-0.25, -0.2) is 9.78 Å². The van der Waals surface area contributed by atoms with E-state index >= 15 is 0 Å². The Morgan fingerprint density at radius 2 is 2.00 bits per heavy atom. The molecule has 1 saturated heterocycles. The number of nitrogens with one attached hydrogen (secondary N) is 1. The van der Waals surface area contributed by atoms with Crippen LogP contribution in [-0.2, 0) is 22.6 Å². The van der Waals surface area contributed by atoms with Gasteiger partial charge in [0.1, 0.15) is 12.6 Å². The van der Waals surface area contributed by atoms with Crippen LogP contribution in [0.5, 0.6) is 0 Å². The zero-order valence-electron chi connectivity index (χ0n) is 13.1. The monoisotopic (exact) mass is 326 g/mol. The lowest BCUT2D eigenvalue weighted by Crippen LogP contribution is -2.58. The SMILES string of the molecule is O=C1NCCN(C(=O)Cn2cccnc2=O)C1Cc1ccccc1. The molecule has 0 spiro atoms. The van der Waals surface area contributed by atoms with E-state index in [1.165, 1.54) is 17.0 Å². The second kappa shape index (κ2) is 7.08. The molecule has 0 bridgehead atoms. The molecule has 1 fully saturated rings. The molecule has 0 radical (unpaired) electrons. The van der Waals surface area contributed by atoms with Gasteiger partial charge in [-0.2, -0.15) is 0 Å². The van der Waals surface area contributed by atoms with Crippen molar-refractivity contribution in [1.29, 1.82) is 0 Å². The highest BCUT2D eigenvalue weighted by atomic mass is 16.2. The molecule has 1 N–H and O–H groups in total. The van der Waals surface area contributed by atoms with Gasteiger partial charge in [-0.05, 0) is 11.6 Å². The number of rotatable bonds is 4. The van der Waals surface area contributed by atoms with Crippen molar-refractivity contribution in [2.45, 2.75) is 19.0 Å². The molecule has 7 nitrogen and oxygen atoms in total. The Balaban J connectivity index is 1.78. The smallest absolute Gasteiger partial charge is 0.347 e. The van der Waals surface area contributed by atoms with Gasteiger partial charge in [-0.3, -0.25) is 14.2 Å². The molecule has 2 aromatic rings. The van der Waals surface area contributed by atoms with Gasteiger partial charge < -0.3 is 10.2 Å². The van der Waals surface area contributed by atoms with Crippen molar-refractivity contribution in [2.75, 3.05) is 13.1 Å². The second-order valence-electron chi connectivity index (χ2n) is 5.61. The van der Waals surface area contributed by atoms with E-state index in [2.05, 4.69) is 10.3 Å². The predicted molar refractivity (Wildman–Crippen MR) is 87.2 cm³/mol. The summed E-state index contributed by atoms with van der Waals surface area (Å²) >= 11 is 0. The molecule has 1 aromatic heterocycles. The van der Waals surface area contributed by atoms with E-state index in [1.54, 1.807) is 11.0 Å². The summed E-state index contributed by atoms with van der Waals surface area (Å²) < 4.78 is 1.24. The number of carbonyl (C=O) groups excluding carboxylic acids is 2. The molecule has 0 aliphatic carbocycles. The molecule has 2 amide bonds. The Labute approximate surface area is 138 Å². The number of carbonyl (C=O) groups is 2. The largest absolute Gasteiger partial charge is 0.353 e. The summed E-state index contributed by atoms with van der Waals surface area (Å²) in [5.74, 6) is -0.433. The summed E-state index contributed by atoms with van der Waals surface area (Å²) in [6, 6.07) is 10.6. The van der Waals surface area contributed by atoms with Crippen LogP contribution in [0.1, 0.15) is 5.56 Å². The van der Waals surface area contributed by atoms with Crippen LogP contribution in [0.25, 0.3) is 0 Å². The maximum Gasteiger partial charge on any atom is 0.347 e. The summed E-state index contributed by atoms with van der Waals surface area (Å²) in [5, 5.41) is 2.80. The average Bonchev–Trinajstić information content (AvgIpc) is 2.59. The standard InChI is InChI=1S/C17H18N4O3/c22-15(12-20-9-4-7-19-17(20)24)21-10-8-18-16(23)14(21)11-13-5-2-1-3-6-13/h1-7,9,14H,8,10-12H2,(H,18,23). The van der Waals surface area contributed by atoms with Crippen LogP contribution in [0.3, 0.4) is 0 Å². The van der Waals surface area contributed by atoms with E-state index < -0.39 is 11.7 Å². The molecule has 24 heavy (non-hydrogen) atoms. The van der Waals surface area contributed by atoms with Crippen molar-refractivity contribution in [2.24, 2.45) is 0 Å². The first kappa shape index (κ1) is 15.9. The molecule has 7 heteroatoms. The lowest BCUT2D eigenvalue weighted by Gasteiger charge is -2.35. The zero-order valence-corrected chi connectivity index (χ0v) is 13.1. The van der Waals surface area contributed by atoms with Gasteiger partial charge in [0.15, 0.2) is 0 Å². The van der Waals surface area contributed by atoms with Crippen LogP contribution < -0.4 is 11.0 Å². The van der Waals surface area contributed by atoms with Gasteiger partial charge in [-0.15, -0.1) is 0 Å². The molecule has 1 atom stereocenters. The van der Waals surface area contributed by atoms with Crippen LogP contribution in [-0.4, -0.2) is 45.4 Å². The summed E-state index contributed by atoms with van der Waals surface area (Å²) in [6.07, 6.45) is 3.35. The van der Waals surface area contributed by atoms with E-state index in [9.17, 15) is 14.4 Å². The van der Waals surface area contributed by atoms with Crippen LogP contribution in [0.2, 0.25) is 0 Å². The maximum atomic E-state index is 12.6. The Bertz CT molecular complexity index is 788. The van der Waals surface area contributed by atoms with Gasteiger partial charge in [0.25, 0.3) is 0 Å². The first-order valence-electron chi connectivity index (χ1n) is 7.78. The molecule has 2 heterocycles. The van der Waals surface area contributed by atoms with E-state index in [0.29, 0.717) is 19.5 Å². The van der Waals surface area contributed by atoms with E-state index in [-0.39, 0.29) is 18.4 Å². The number of aromatic nitrogens is 2. The normalized spacial score (nSPS) is 17.4. The van der Waals surface area contributed by atoms with Crippen molar-refractivity contribution >= 4 is 11.8 Å². The fraction of sp³-hybridized carbons (Fsp3) is 0.294. The van der Waals surface area contributed by atoms with Crippen molar-refractivity contribution in [1.82, 2.24) is 19.8 Å². The number of benzene rings is 1. The van der Waals surface area contributed by atoms with Gasteiger partial charge in [0.05, 0.1) is 0 Å². The third-order valence-corrected chi connectivity index (χ3v) is 4.01. The molecule has 1 unspecified atom stereocenters. The van der Waals surface area contributed by atoms with Crippen molar-refractivity contribution in [3.05, 3.63) is 64.8 Å². The highest BCUT2D eigenvalue weighted by Crippen LogP contribution is 2.13. The lowest BCUT2D eigenvalue weighted by molar-refractivity contribution is -0.143. The fourth-order valence-electron chi connectivity index (χ4n) is 2.80. The van der Waals surface area contributed by atoms with Gasteiger partial charge in [0.2, 0.25) is 11.8 Å². The summed E-state index contributed by atoms with van der Waals surface area (Å²) in [5.41, 5.74) is 0.503. The van der Waals surface area contributed by atoms with Gasteiger partial charge in [-0.1, -0.05) is 30.3 Å². The third-order valence-electron chi connectivity index (χ3n) is 4.01. The third kappa shape index (κ3) is 3.51. The second-order valence-corrected chi connectivity index (χ2v) is 5.61. The number of hydrogen-bond acceptors (Lipinski definition) is 4. The molecule has 1 aromatic carbocycles. The van der Waals surface area contributed by atoms with Crippen LogP contribution in [0, 0.1) is 0 Å². The first-order valence-corrected chi connectivity index (χ1v) is 7.78. The van der Waals surface area contributed by atoms with Crippen molar-refractivity contribution in [3.63, 3.8) is 0 Å². The maximum absolute atomic E-state index is 12.6. The van der Waals surface area contributed by atoms with Gasteiger partial charge in [0, 0.05) is 31.9 Å². The minimum Gasteiger partial charge on any atom is -0.353 e. The van der Waals surface area contributed by atoms with E-state index in [0.717, 1.165) is 5.56 Å². The molecule has 124 valence electrons. The Morgan fingerprint density at radius 3 is 2.75 bits per heavy atom. The zero-order chi connectivity index (χ0) is 16.9. The topological polar surface area (TPSA) is 84.3 Å². The highest BCUT2D eigenvalue weighted by Gasteiger charge is 2.33. The summed E-state index contributed by atoms with van der Waals surface area (Å²) in [4.78, 5) is 41.7. The number of piperazine rings is 1. The fourth-order valence-corrected chi connectivity index (χ4v) is 2.80. The molecule has 1 aliphatic rings.